The molecule has 62 valence electrons. The SMILES string of the molecule is Cc1cc2nc(N)c(C)cc2[nH]1. The molecule has 3 nitrogen and oxygen atoms in total. The van der Waals surface area contributed by atoms with E-state index >= 15 is 0 Å². The molecule has 2 rings (SSSR count). The highest BCUT2D eigenvalue weighted by atomic mass is 14.9. The van der Waals surface area contributed by atoms with Gasteiger partial charge in [0.25, 0.3) is 0 Å². The summed E-state index contributed by atoms with van der Waals surface area (Å²) in [5.74, 6) is 0.612. The first-order valence-electron chi connectivity index (χ1n) is 3.89. The highest BCUT2D eigenvalue weighted by molar-refractivity contribution is 5.78. The number of hydrogen-bond donors (Lipinski definition) is 2. The lowest BCUT2D eigenvalue weighted by molar-refractivity contribution is 1.29. The summed E-state index contributed by atoms with van der Waals surface area (Å²) in [4.78, 5) is 7.45. The van der Waals surface area contributed by atoms with Gasteiger partial charge in [-0.25, -0.2) is 4.98 Å². The Hall–Kier alpha value is -1.51. The molecule has 3 heteroatoms. The van der Waals surface area contributed by atoms with Crippen LogP contribution < -0.4 is 5.73 Å². The predicted octanol–water partition coefficient (Wildman–Crippen LogP) is 1.76. The van der Waals surface area contributed by atoms with E-state index in [1.807, 2.05) is 26.0 Å². The average molecular weight is 161 g/mol. The van der Waals surface area contributed by atoms with E-state index in [0.717, 1.165) is 22.3 Å². The number of hydrogen-bond acceptors (Lipinski definition) is 2. The highest BCUT2D eigenvalue weighted by Gasteiger charge is 2.01. The van der Waals surface area contributed by atoms with Crippen LogP contribution in [-0.2, 0) is 0 Å². The second kappa shape index (κ2) is 2.24. The Morgan fingerprint density at radius 3 is 2.83 bits per heavy atom. The molecule has 3 N–H and O–H groups in total. The van der Waals surface area contributed by atoms with Crippen molar-refractivity contribution < 1.29 is 0 Å². The predicted molar refractivity (Wildman–Crippen MR) is 50.0 cm³/mol. The zero-order valence-corrected chi connectivity index (χ0v) is 7.18. The molecular formula is C9H11N3. The Morgan fingerprint density at radius 2 is 2.08 bits per heavy atom. The number of nitrogens with zero attached hydrogens (tertiary/aromatic N) is 1. The topological polar surface area (TPSA) is 54.7 Å². The second-order valence-electron chi connectivity index (χ2n) is 3.08. The minimum atomic E-state index is 0.612. The molecule has 0 atom stereocenters. The maximum absolute atomic E-state index is 5.67. The molecule has 2 aromatic rings. The molecule has 0 saturated heterocycles. The van der Waals surface area contributed by atoms with Crippen LogP contribution in [0.25, 0.3) is 11.0 Å². The first-order valence-corrected chi connectivity index (χ1v) is 3.89. The van der Waals surface area contributed by atoms with Crippen LogP contribution in [0.15, 0.2) is 12.1 Å². The second-order valence-corrected chi connectivity index (χ2v) is 3.08. The van der Waals surface area contributed by atoms with Gasteiger partial charge in [-0.15, -0.1) is 0 Å². The van der Waals surface area contributed by atoms with Crippen molar-refractivity contribution in [2.75, 3.05) is 5.73 Å². The van der Waals surface area contributed by atoms with Crippen molar-refractivity contribution in [3.8, 4) is 0 Å². The van der Waals surface area contributed by atoms with Crippen LogP contribution in [-0.4, -0.2) is 9.97 Å². The third-order valence-corrected chi connectivity index (χ3v) is 1.97. The van der Waals surface area contributed by atoms with Crippen LogP contribution in [0.1, 0.15) is 11.3 Å². The zero-order valence-electron chi connectivity index (χ0n) is 7.18. The average Bonchev–Trinajstić information content (AvgIpc) is 2.30. The molecule has 0 radical (unpaired) electrons. The first kappa shape index (κ1) is 7.16. The first-order chi connectivity index (χ1) is 5.66. The molecule has 0 unspecified atom stereocenters. The number of anilines is 1. The van der Waals surface area contributed by atoms with Crippen molar-refractivity contribution in [1.29, 1.82) is 0 Å². The number of nitrogens with two attached hydrogens (primary N) is 1. The molecule has 12 heavy (non-hydrogen) atoms. The Labute approximate surface area is 70.6 Å². The van der Waals surface area contributed by atoms with E-state index in [2.05, 4.69) is 9.97 Å². The lowest BCUT2D eigenvalue weighted by Gasteiger charge is -1.97. The van der Waals surface area contributed by atoms with Crippen LogP contribution in [0.3, 0.4) is 0 Å². The van der Waals surface area contributed by atoms with E-state index in [4.69, 9.17) is 5.73 Å². The zero-order chi connectivity index (χ0) is 8.72. The summed E-state index contributed by atoms with van der Waals surface area (Å²) in [5.41, 5.74) is 9.80. The molecule has 0 bridgehead atoms. The van der Waals surface area contributed by atoms with Crippen LogP contribution >= 0.6 is 0 Å². The Morgan fingerprint density at radius 1 is 1.33 bits per heavy atom. The number of aromatic amines is 1. The molecule has 0 aromatic carbocycles. The van der Waals surface area contributed by atoms with Gasteiger partial charge in [0.05, 0.1) is 11.0 Å². The van der Waals surface area contributed by atoms with Crippen LogP contribution in [0.2, 0.25) is 0 Å². The molecular weight excluding hydrogens is 150 g/mol. The third-order valence-electron chi connectivity index (χ3n) is 1.97. The van der Waals surface area contributed by atoms with Gasteiger partial charge in [0, 0.05) is 5.69 Å². The van der Waals surface area contributed by atoms with Crippen molar-refractivity contribution in [2.24, 2.45) is 0 Å². The van der Waals surface area contributed by atoms with Gasteiger partial charge in [-0.05, 0) is 31.5 Å². The number of aromatic nitrogens is 2. The van der Waals surface area contributed by atoms with E-state index in [-0.39, 0.29) is 0 Å². The summed E-state index contributed by atoms with van der Waals surface area (Å²) in [6.07, 6.45) is 0. The van der Waals surface area contributed by atoms with Gasteiger partial charge in [-0.3, -0.25) is 0 Å². The van der Waals surface area contributed by atoms with E-state index in [1.165, 1.54) is 0 Å². The maximum Gasteiger partial charge on any atom is 0.127 e. The molecule has 0 aliphatic carbocycles. The molecule has 0 spiro atoms. The minimum absolute atomic E-state index is 0.612. The Kier molecular flexibility index (Phi) is 1.33. The van der Waals surface area contributed by atoms with Gasteiger partial charge < -0.3 is 10.7 Å². The summed E-state index contributed by atoms with van der Waals surface area (Å²) in [6.45, 7) is 3.96. The summed E-state index contributed by atoms with van der Waals surface area (Å²) >= 11 is 0. The Bertz CT molecular complexity index is 390. The van der Waals surface area contributed by atoms with Crippen LogP contribution in [0.5, 0.6) is 0 Å². The largest absolute Gasteiger partial charge is 0.383 e. The summed E-state index contributed by atoms with van der Waals surface area (Å²) < 4.78 is 0. The number of fused-ring (bicyclic) bond motifs is 1. The number of nitrogens with one attached hydrogen (secondary N) is 1. The van der Waals surface area contributed by atoms with Crippen LogP contribution in [0, 0.1) is 13.8 Å². The fourth-order valence-electron chi connectivity index (χ4n) is 1.31. The maximum atomic E-state index is 5.67. The standard InChI is InChI=1S/C9H11N3/c1-5-3-7-8(12-9(5)10)4-6(2)11-7/h3-4,11H,1-2H3,(H2,10,12). The van der Waals surface area contributed by atoms with Gasteiger partial charge in [0.2, 0.25) is 0 Å². The van der Waals surface area contributed by atoms with Crippen molar-refractivity contribution in [1.82, 2.24) is 9.97 Å². The van der Waals surface area contributed by atoms with Gasteiger partial charge in [-0.2, -0.15) is 0 Å². The highest BCUT2D eigenvalue weighted by Crippen LogP contribution is 2.17. The quantitative estimate of drug-likeness (QED) is 0.618. The summed E-state index contributed by atoms with van der Waals surface area (Å²) in [6, 6.07) is 4.01. The molecule has 2 aromatic heterocycles. The number of pyridine rings is 1. The molecule has 2 heterocycles. The normalized spacial score (nSPS) is 10.8. The molecule has 0 saturated carbocycles. The van der Waals surface area contributed by atoms with Crippen molar-refractivity contribution in [3.63, 3.8) is 0 Å². The van der Waals surface area contributed by atoms with Crippen LogP contribution in [0.4, 0.5) is 5.82 Å². The fourth-order valence-corrected chi connectivity index (χ4v) is 1.31. The van der Waals surface area contributed by atoms with E-state index in [0.29, 0.717) is 5.82 Å². The molecule has 0 amide bonds. The van der Waals surface area contributed by atoms with E-state index < -0.39 is 0 Å². The number of nitrogen functional groups attached to an aromatic ring is 1. The van der Waals surface area contributed by atoms with Crippen molar-refractivity contribution in [3.05, 3.63) is 23.4 Å². The van der Waals surface area contributed by atoms with E-state index in [1.54, 1.807) is 0 Å². The molecule has 0 aliphatic rings. The number of rotatable bonds is 0. The smallest absolute Gasteiger partial charge is 0.127 e. The van der Waals surface area contributed by atoms with Gasteiger partial charge >= 0.3 is 0 Å². The minimum Gasteiger partial charge on any atom is -0.383 e. The fraction of sp³-hybridized carbons (Fsp3) is 0.222. The lowest BCUT2D eigenvalue weighted by atomic mass is 10.2. The van der Waals surface area contributed by atoms with Gasteiger partial charge in [0.15, 0.2) is 0 Å². The third kappa shape index (κ3) is 0.942. The van der Waals surface area contributed by atoms with Gasteiger partial charge in [0.1, 0.15) is 5.82 Å². The number of aryl methyl sites for hydroxylation is 2. The monoisotopic (exact) mass is 161 g/mol. The lowest BCUT2D eigenvalue weighted by Crippen LogP contribution is -1.92. The molecule has 0 fully saturated rings. The van der Waals surface area contributed by atoms with Gasteiger partial charge in [-0.1, -0.05) is 0 Å². The summed E-state index contributed by atoms with van der Waals surface area (Å²) in [5, 5.41) is 0. The van der Waals surface area contributed by atoms with Crippen molar-refractivity contribution in [2.45, 2.75) is 13.8 Å². The Balaban J connectivity index is 2.83. The van der Waals surface area contributed by atoms with Crippen molar-refractivity contribution >= 4 is 16.9 Å². The van der Waals surface area contributed by atoms with E-state index in [9.17, 15) is 0 Å². The molecule has 0 aliphatic heterocycles. The number of H-pyrrole nitrogens is 1. The summed E-state index contributed by atoms with van der Waals surface area (Å²) in [7, 11) is 0.